The Morgan fingerprint density at radius 2 is 2.14 bits per heavy atom. The van der Waals surface area contributed by atoms with Gasteiger partial charge in [0.1, 0.15) is 0 Å². The first kappa shape index (κ1) is 7.70. The summed E-state index contributed by atoms with van der Waals surface area (Å²) in [4.78, 5) is 0. The molecule has 3 rings (SSSR count). The molecule has 0 unspecified atom stereocenters. The Balaban J connectivity index is 2.23. The van der Waals surface area contributed by atoms with Gasteiger partial charge in [0.05, 0.1) is 10.9 Å². The minimum atomic E-state index is 1.11. The van der Waals surface area contributed by atoms with Crippen LogP contribution in [-0.2, 0) is 0 Å². The third kappa shape index (κ3) is 1.12. The highest BCUT2D eigenvalue weighted by Gasteiger charge is 2.01. The Morgan fingerprint density at radius 1 is 1.14 bits per heavy atom. The van der Waals surface area contributed by atoms with Crippen molar-refractivity contribution >= 4 is 21.6 Å². The smallest absolute Gasteiger partial charge is 0.0565 e. The van der Waals surface area contributed by atoms with E-state index in [1.165, 1.54) is 27.2 Å². The van der Waals surface area contributed by atoms with Crippen molar-refractivity contribution in [3.8, 4) is 11.1 Å². The quantitative estimate of drug-likeness (QED) is 0.657. The van der Waals surface area contributed by atoms with Crippen molar-refractivity contribution in [2.75, 3.05) is 0 Å². The number of aromatic nitrogens is 3. The predicted octanol–water partition coefficient (Wildman–Crippen LogP) is 2.69. The van der Waals surface area contributed by atoms with E-state index in [0.717, 1.165) is 5.56 Å². The lowest BCUT2D eigenvalue weighted by Gasteiger charge is -1.95. The lowest BCUT2D eigenvalue weighted by Crippen LogP contribution is -1.72. The van der Waals surface area contributed by atoms with E-state index in [4.69, 9.17) is 0 Å². The largest absolute Gasteiger partial charge is 0.285 e. The molecule has 3 aromatic rings. The number of fused-ring (bicyclic) bond motifs is 1. The summed E-state index contributed by atoms with van der Waals surface area (Å²) < 4.78 is 5.36. The molecule has 0 spiro atoms. The van der Waals surface area contributed by atoms with E-state index in [9.17, 15) is 0 Å². The van der Waals surface area contributed by atoms with E-state index in [1.54, 1.807) is 0 Å². The van der Waals surface area contributed by atoms with Gasteiger partial charge in [-0.15, -0.1) is 0 Å². The van der Waals surface area contributed by atoms with Gasteiger partial charge < -0.3 is 0 Å². The van der Waals surface area contributed by atoms with Crippen molar-refractivity contribution in [3.05, 3.63) is 36.8 Å². The standard InChI is InChI=1S/C10H7N3S/c1-2-10-8(6-13-14-10)3-7(1)9-4-11-12-5-9/h1-6H,(H,11,12). The SMILES string of the molecule is c1cc2sncc2cc1-c1cn[nH]c1. The van der Waals surface area contributed by atoms with Gasteiger partial charge >= 0.3 is 0 Å². The molecule has 0 radical (unpaired) electrons. The van der Waals surface area contributed by atoms with Crippen molar-refractivity contribution in [1.29, 1.82) is 0 Å². The lowest BCUT2D eigenvalue weighted by molar-refractivity contribution is 1.09. The Kier molecular flexibility index (Phi) is 1.61. The maximum atomic E-state index is 4.14. The Labute approximate surface area is 84.6 Å². The van der Waals surface area contributed by atoms with Crippen LogP contribution in [0, 0.1) is 0 Å². The molecule has 68 valence electrons. The highest BCUT2D eigenvalue weighted by atomic mass is 32.1. The number of benzene rings is 1. The summed E-state index contributed by atoms with van der Waals surface area (Å²) in [6.07, 6.45) is 5.60. The van der Waals surface area contributed by atoms with Gasteiger partial charge in [0, 0.05) is 23.3 Å². The molecule has 0 aliphatic heterocycles. The van der Waals surface area contributed by atoms with Crippen molar-refractivity contribution < 1.29 is 0 Å². The molecule has 0 saturated heterocycles. The highest BCUT2D eigenvalue weighted by Crippen LogP contribution is 2.25. The zero-order chi connectivity index (χ0) is 9.38. The molecule has 2 aromatic heterocycles. The van der Waals surface area contributed by atoms with Crippen LogP contribution < -0.4 is 0 Å². The average Bonchev–Trinajstić information content (AvgIpc) is 2.88. The van der Waals surface area contributed by atoms with Crippen LogP contribution >= 0.6 is 11.5 Å². The van der Waals surface area contributed by atoms with E-state index in [0.29, 0.717) is 0 Å². The fourth-order valence-electron chi connectivity index (χ4n) is 1.46. The molecular weight excluding hydrogens is 194 g/mol. The van der Waals surface area contributed by atoms with Crippen LogP contribution in [-0.4, -0.2) is 14.6 Å². The fraction of sp³-hybridized carbons (Fsp3) is 0. The molecule has 1 aromatic carbocycles. The second-order valence-corrected chi connectivity index (χ2v) is 3.90. The topological polar surface area (TPSA) is 41.6 Å². The highest BCUT2D eigenvalue weighted by molar-refractivity contribution is 7.13. The fourth-order valence-corrected chi connectivity index (χ4v) is 2.09. The first-order valence-corrected chi connectivity index (χ1v) is 5.04. The van der Waals surface area contributed by atoms with Crippen molar-refractivity contribution in [1.82, 2.24) is 14.6 Å². The van der Waals surface area contributed by atoms with E-state index >= 15 is 0 Å². The summed E-state index contributed by atoms with van der Waals surface area (Å²) in [5.74, 6) is 0. The molecule has 3 nitrogen and oxygen atoms in total. The van der Waals surface area contributed by atoms with Gasteiger partial charge in [-0.3, -0.25) is 5.10 Å². The van der Waals surface area contributed by atoms with Gasteiger partial charge in [0.2, 0.25) is 0 Å². The van der Waals surface area contributed by atoms with E-state index < -0.39 is 0 Å². The zero-order valence-corrected chi connectivity index (χ0v) is 8.08. The van der Waals surface area contributed by atoms with Gasteiger partial charge in [0.25, 0.3) is 0 Å². The summed E-state index contributed by atoms with van der Waals surface area (Å²) in [5, 5.41) is 7.92. The molecule has 2 heterocycles. The molecule has 14 heavy (non-hydrogen) atoms. The van der Waals surface area contributed by atoms with Gasteiger partial charge in [-0.2, -0.15) is 9.47 Å². The van der Waals surface area contributed by atoms with Gasteiger partial charge in [-0.05, 0) is 29.2 Å². The molecule has 1 N–H and O–H groups in total. The third-order valence-electron chi connectivity index (χ3n) is 2.18. The van der Waals surface area contributed by atoms with Crippen LogP contribution in [0.3, 0.4) is 0 Å². The Bertz CT molecular complexity index is 554. The van der Waals surface area contributed by atoms with Crippen LogP contribution in [0.2, 0.25) is 0 Å². The summed E-state index contributed by atoms with van der Waals surface area (Å²) in [5.41, 5.74) is 2.28. The second-order valence-electron chi connectivity index (χ2n) is 3.07. The molecule has 0 aliphatic carbocycles. The number of H-pyrrole nitrogens is 1. The number of hydrogen-bond acceptors (Lipinski definition) is 3. The number of nitrogens with one attached hydrogen (secondary N) is 1. The molecule has 0 amide bonds. The van der Waals surface area contributed by atoms with Crippen LogP contribution in [0.5, 0.6) is 0 Å². The van der Waals surface area contributed by atoms with E-state index in [2.05, 4.69) is 32.8 Å². The maximum absolute atomic E-state index is 4.14. The maximum Gasteiger partial charge on any atom is 0.0565 e. The van der Waals surface area contributed by atoms with Crippen LogP contribution in [0.4, 0.5) is 0 Å². The summed E-state index contributed by atoms with van der Waals surface area (Å²) in [6, 6.07) is 6.31. The lowest BCUT2D eigenvalue weighted by atomic mass is 10.1. The van der Waals surface area contributed by atoms with Crippen molar-refractivity contribution in [3.63, 3.8) is 0 Å². The molecule has 0 aliphatic rings. The van der Waals surface area contributed by atoms with Crippen LogP contribution in [0.1, 0.15) is 0 Å². The van der Waals surface area contributed by atoms with Crippen LogP contribution in [0.25, 0.3) is 21.2 Å². The summed E-state index contributed by atoms with van der Waals surface area (Å²) in [7, 11) is 0. The molecule has 4 heteroatoms. The first-order valence-electron chi connectivity index (χ1n) is 4.27. The van der Waals surface area contributed by atoms with Gasteiger partial charge in [0.15, 0.2) is 0 Å². The number of hydrogen-bond donors (Lipinski definition) is 1. The Morgan fingerprint density at radius 3 is 3.00 bits per heavy atom. The number of rotatable bonds is 1. The molecule has 0 bridgehead atoms. The van der Waals surface area contributed by atoms with E-state index in [-0.39, 0.29) is 0 Å². The van der Waals surface area contributed by atoms with Gasteiger partial charge in [-0.1, -0.05) is 6.07 Å². The number of nitrogens with zero attached hydrogens (tertiary/aromatic N) is 2. The average molecular weight is 201 g/mol. The van der Waals surface area contributed by atoms with E-state index in [1.807, 2.05) is 18.6 Å². The second kappa shape index (κ2) is 2.92. The van der Waals surface area contributed by atoms with Crippen molar-refractivity contribution in [2.24, 2.45) is 0 Å². The Hall–Kier alpha value is -1.68. The third-order valence-corrected chi connectivity index (χ3v) is 2.96. The summed E-state index contributed by atoms with van der Waals surface area (Å²) in [6.45, 7) is 0. The minimum Gasteiger partial charge on any atom is -0.285 e. The van der Waals surface area contributed by atoms with Gasteiger partial charge in [-0.25, -0.2) is 0 Å². The predicted molar refractivity (Wildman–Crippen MR) is 57.2 cm³/mol. The summed E-state index contributed by atoms with van der Waals surface area (Å²) >= 11 is 1.52. The molecular formula is C10H7N3S. The molecule has 0 fully saturated rings. The molecule has 0 atom stereocenters. The monoisotopic (exact) mass is 201 g/mol. The van der Waals surface area contributed by atoms with Crippen molar-refractivity contribution in [2.45, 2.75) is 0 Å². The normalized spacial score (nSPS) is 10.9. The van der Waals surface area contributed by atoms with Crippen LogP contribution in [0.15, 0.2) is 36.8 Å². The minimum absolute atomic E-state index is 1.11. The zero-order valence-electron chi connectivity index (χ0n) is 7.27. The first-order chi connectivity index (χ1) is 6.93. The number of aromatic amines is 1. The molecule has 0 saturated carbocycles.